The molecule has 0 atom stereocenters. The van der Waals surface area contributed by atoms with E-state index in [1.807, 2.05) is 268 Å². The van der Waals surface area contributed by atoms with E-state index in [4.69, 9.17) is 0 Å². The van der Waals surface area contributed by atoms with Crippen molar-refractivity contribution in [2.45, 2.75) is 219 Å². The molecule has 0 aliphatic heterocycles. The average Bonchev–Trinajstić information content (AvgIpc) is 0.811. The van der Waals surface area contributed by atoms with E-state index in [0.717, 1.165) is 44.8 Å². The maximum atomic E-state index is 12.3. The number of hydrogen-bond donors (Lipinski definition) is 0. The number of hydrogen-bond acceptors (Lipinski definition) is 5. The zero-order valence-corrected chi connectivity index (χ0v) is 67.6. The lowest BCUT2D eigenvalue weighted by atomic mass is 9.85. The average molecular weight is 1360 g/mol. The normalized spacial score (nSPS) is 11.6. The Kier molecular flexibility index (Phi) is 34.9. The van der Waals surface area contributed by atoms with Crippen LogP contribution in [-0.4, -0.2) is 28.9 Å². The lowest BCUT2D eigenvalue weighted by Crippen LogP contribution is -2.20. The number of ketones is 5. The minimum atomic E-state index is -0.329. The molecule has 0 aromatic heterocycles. The van der Waals surface area contributed by atoms with Gasteiger partial charge in [0.05, 0.1) is 0 Å². The van der Waals surface area contributed by atoms with Crippen molar-refractivity contribution in [1.29, 1.82) is 0 Å². The van der Waals surface area contributed by atoms with Crippen LogP contribution in [0.25, 0.3) is 27.6 Å². The van der Waals surface area contributed by atoms with Gasteiger partial charge in [0, 0.05) is 50.2 Å². The Morgan fingerprint density at radius 3 is 1.24 bits per heavy atom. The fourth-order valence-electron chi connectivity index (χ4n) is 9.59. The first-order valence-corrected chi connectivity index (χ1v) is 36.0. The van der Waals surface area contributed by atoms with Gasteiger partial charge in [-0.1, -0.05) is 391 Å². The Bertz CT molecular complexity index is 4000. The lowest BCUT2D eigenvalue weighted by molar-refractivity contribution is -0.126. The van der Waals surface area contributed by atoms with Crippen LogP contribution < -0.4 is 0 Å². The quantitative estimate of drug-likeness (QED) is 0.106. The van der Waals surface area contributed by atoms with Crippen molar-refractivity contribution in [3.05, 3.63) is 280 Å². The first-order chi connectivity index (χ1) is 46.4. The predicted octanol–water partition coefficient (Wildman–Crippen LogP) is 26.8. The van der Waals surface area contributed by atoms with Crippen LogP contribution in [0.1, 0.15) is 250 Å². The van der Waals surface area contributed by atoms with E-state index in [-0.39, 0.29) is 50.2 Å². The van der Waals surface area contributed by atoms with Crippen molar-refractivity contribution in [2.24, 2.45) is 37.9 Å². The summed E-state index contributed by atoms with van der Waals surface area (Å²) >= 11 is 0. The van der Waals surface area contributed by atoms with Crippen LogP contribution in [-0.2, 0) is 27.8 Å². The maximum Gasteiger partial charge on any atom is 0.168 e. The van der Waals surface area contributed by atoms with E-state index in [0.29, 0.717) is 28.4 Å². The fourth-order valence-corrected chi connectivity index (χ4v) is 9.59. The molecule has 0 spiro atoms. The molecule has 5 nitrogen and oxygen atoms in total. The highest BCUT2D eigenvalue weighted by atomic mass is 16.1. The zero-order chi connectivity index (χ0) is 77.0. The van der Waals surface area contributed by atoms with Crippen molar-refractivity contribution < 1.29 is 24.0 Å². The van der Waals surface area contributed by atoms with Crippen molar-refractivity contribution in [3.63, 3.8) is 0 Å². The van der Waals surface area contributed by atoms with E-state index < -0.39 is 0 Å². The maximum absolute atomic E-state index is 12.3. The Balaban J connectivity index is 0.000000398. The van der Waals surface area contributed by atoms with Crippen molar-refractivity contribution in [1.82, 2.24) is 0 Å². The molecular formula is C96H128O5. The highest BCUT2D eigenvalue weighted by Gasteiger charge is 2.26. The Hall–Kier alpha value is -8.41. The first-order valence-electron chi connectivity index (χ1n) is 36.0. The number of carbonyl (C=O) groups excluding carboxylic acids is 5. The number of benzene rings is 9. The summed E-state index contributed by atoms with van der Waals surface area (Å²) in [5.41, 5.74) is 11.7. The molecule has 0 saturated heterocycles. The van der Waals surface area contributed by atoms with E-state index in [2.05, 4.69) is 151 Å². The predicted molar refractivity (Wildman–Crippen MR) is 439 cm³/mol. The Labute approximate surface area is 613 Å². The van der Waals surface area contributed by atoms with E-state index in [1.165, 1.54) is 45.2 Å². The summed E-state index contributed by atoms with van der Waals surface area (Å²) in [6.45, 7) is 58.1. The number of Topliss-reactive ketones (excluding diaryl/α,β-unsaturated/α-hetero) is 4. The van der Waals surface area contributed by atoms with Crippen LogP contribution in [0.2, 0.25) is 0 Å². The second-order valence-electron chi connectivity index (χ2n) is 35.4. The summed E-state index contributed by atoms with van der Waals surface area (Å²) in [4.78, 5) is 59.2. The van der Waals surface area contributed by atoms with Gasteiger partial charge in [-0.15, -0.1) is 0 Å². The standard InChI is InChI=1S/2C15H16O.C14H22.C13H18O.C13H16O.C11H14O.C10H14.C5H12/c1-15(2,3)14(16)13-10-6-8-11-7-4-5-9-12(11)13;1-15(2,3)14(16)13-9-8-11-6-4-5-7-12(11)10-13;1-10-7-8-13(9-14(4,5)6)12(3)11(10)2;2*1-13(2,3)12(14)10-9-11-7-5-4-6-8-11;1-11(2,3)10(12)9-7-5-4-6-8-9;1-10(2,3)9-7-5-4-6-8-9;1-5(2,3)4/h2*4-10H,1-3H3;7-8H,9H2,1-6H3;4-8H,9-10H2,1-3H3;4-10H,1-3H3;4-8H,1-3H3;4-8H,1-3H3;1-4H3/b;;;;10-9+;;;. The SMILES string of the molecule is CC(C)(C)C.CC(C)(C)C(=O)/C=C/c1ccccc1.CC(C)(C)C(=O)CCc1ccccc1.CC(C)(C)C(=O)c1ccc2ccccc2c1.CC(C)(C)C(=O)c1cccc2ccccc12.CC(C)(C)C(=O)c1ccccc1.CC(C)(C)c1ccccc1.Cc1ccc(CC(C)(C)C)c(C)c1C. The largest absolute Gasteiger partial charge is 0.299 e. The molecule has 0 fully saturated rings. The van der Waals surface area contributed by atoms with E-state index in [9.17, 15) is 24.0 Å². The third kappa shape index (κ3) is 35.2. The van der Waals surface area contributed by atoms with Gasteiger partial charge in [0.2, 0.25) is 0 Å². The number of rotatable bonds is 9. The van der Waals surface area contributed by atoms with Crippen LogP contribution in [0.5, 0.6) is 0 Å². The molecule has 9 rings (SSSR count). The molecule has 9 aromatic rings. The summed E-state index contributed by atoms with van der Waals surface area (Å²) in [6.07, 6.45) is 6.17. The topological polar surface area (TPSA) is 85.3 Å². The smallest absolute Gasteiger partial charge is 0.168 e. The van der Waals surface area contributed by atoms with Gasteiger partial charge >= 0.3 is 0 Å². The molecule has 0 bridgehead atoms. The van der Waals surface area contributed by atoms with Gasteiger partial charge in [-0.3, -0.25) is 24.0 Å². The van der Waals surface area contributed by atoms with Crippen molar-refractivity contribution in [3.8, 4) is 0 Å². The Morgan fingerprint density at radius 2 is 0.782 bits per heavy atom. The summed E-state index contributed by atoms with van der Waals surface area (Å²) in [5.74, 6) is 1.08. The lowest BCUT2D eigenvalue weighted by Gasteiger charge is -2.21. The number of allylic oxidation sites excluding steroid dienone is 1. The monoisotopic (exact) mass is 1360 g/mol. The van der Waals surface area contributed by atoms with E-state index in [1.54, 1.807) is 6.08 Å². The zero-order valence-electron chi connectivity index (χ0n) is 67.6. The fraction of sp³-hybridized carbons (Fsp3) is 0.406. The molecule has 0 aliphatic rings. The second kappa shape index (κ2) is 39.7. The highest BCUT2D eigenvalue weighted by Crippen LogP contribution is 2.30. The van der Waals surface area contributed by atoms with Gasteiger partial charge in [-0.25, -0.2) is 0 Å². The third-order valence-corrected chi connectivity index (χ3v) is 15.9. The second-order valence-corrected chi connectivity index (χ2v) is 35.4. The molecular weight excluding hydrogens is 1230 g/mol. The molecule has 0 N–H and O–H groups in total. The molecule has 0 heterocycles. The van der Waals surface area contributed by atoms with Gasteiger partial charge in [-0.05, 0) is 122 Å². The summed E-state index contributed by atoms with van der Waals surface area (Å²) in [5, 5.41) is 4.47. The van der Waals surface area contributed by atoms with Gasteiger partial charge in [0.15, 0.2) is 23.1 Å². The number of carbonyl (C=O) groups is 5. The number of fused-ring (bicyclic) bond motifs is 2. The third-order valence-electron chi connectivity index (χ3n) is 15.9. The van der Waals surface area contributed by atoms with Crippen LogP contribution in [0.3, 0.4) is 0 Å². The Morgan fingerprint density at radius 1 is 0.356 bits per heavy atom. The molecule has 0 saturated carbocycles. The first kappa shape index (κ1) is 88.7. The van der Waals surface area contributed by atoms with Crippen molar-refractivity contribution >= 4 is 56.5 Å². The summed E-state index contributed by atoms with van der Waals surface area (Å²) in [6, 6.07) is 72.4. The molecule has 542 valence electrons. The molecule has 5 heteroatoms. The minimum absolute atomic E-state index is 0.154. The molecule has 0 unspecified atom stereocenters. The van der Waals surface area contributed by atoms with Gasteiger partial charge < -0.3 is 0 Å². The summed E-state index contributed by atoms with van der Waals surface area (Å²) in [7, 11) is 0. The van der Waals surface area contributed by atoms with Crippen LogP contribution >= 0.6 is 0 Å². The molecule has 0 radical (unpaired) electrons. The summed E-state index contributed by atoms with van der Waals surface area (Å²) < 4.78 is 0. The van der Waals surface area contributed by atoms with Gasteiger partial charge in [0.25, 0.3) is 0 Å². The van der Waals surface area contributed by atoms with Crippen LogP contribution in [0, 0.1) is 58.7 Å². The van der Waals surface area contributed by atoms with E-state index >= 15 is 0 Å². The molecule has 9 aromatic carbocycles. The molecule has 0 amide bonds. The minimum Gasteiger partial charge on any atom is -0.299 e. The molecule has 101 heavy (non-hydrogen) atoms. The number of aryl methyl sites for hydroxylation is 2. The van der Waals surface area contributed by atoms with Crippen molar-refractivity contribution in [2.75, 3.05) is 0 Å². The van der Waals surface area contributed by atoms with Gasteiger partial charge in [-0.2, -0.15) is 0 Å². The highest BCUT2D eigenvalue weighted by molar-refractivity contribution is 6.10. The van der Waals surface area contributed by atoms with Crippen LogP contribution in [0.15, 0.2) is 224 Å². The van der Waals surface area contributed by atoms with Gasteiger partial charge in [0.1, 0.15) is 5.78 Å². The van der Waals surface area contributed by atoms with Crippen LogP contribution in [0.4, 0.5) is 0 Å². The molecule has 0 aliphatic carbocycles.